The molecular weight excluding hydrogens is 424 g/mol. The predicted octanol–water partition coefficient (Wildman–Crippen LogP) is 6.42. The lowest BCUT2D eigenvalue weighted by atomic mass is 9.71. The molecule has 3 rings (SSSR count). The molecule has 0 saturated heterocycles. The molecule has 0 amide bonds. The third-order valence-corrected chi connectivity index (χ3v) is 7.33. The zero-order valence-corrected chi connectivity index (χ0v) is 21.1. The number of aromatic nitrogens is 2. The van der Waals surface area contributed by atoms with Gasteiger partial charge in [-0.25, -0.2) is 4.98 Å². The fourth-order valence-corrected chi connectivity index (χ4v) is 4.92. The van der Waals surface area contributed by atoms with Gasteiger partial charge in [-0.2, -0.15) is 0 Å². The SMILES string of the molecule is CCCCCCc1cc2c(cc1C#Cc1cnc(C(CC)C(=O)O)cn1)C(CC)(CC)CCO2. The first-order chi connectivity index (χ1) is 16.5. The normalized spacial score (nSPS) is 14.9. The predicted molar refractivity (Wildman–Crippen MR) is 135 cm³/mol. The molecule has 1 aromatic carbocycles. The Hall–Kier alpha value is -2.87. The minimum absolute atomic E-state index is 0.137. The molecule has 0 saturated carbocycles. The molecule has 34 heavy (non-hydrogen) atoms. The second kappa shape index (κ2) is 12.0. The first-order valence-corrected chi connectivity index (χ1v) is 12.8. The van der Waals surface area contributed by atoms with E-state index in [9.17, 15) is 9.90 Å². The first-order valence-electron chi connectivity index (χ1n) is 12.8. The molecule has 1 aromatic heterocycles. The lowest BCUT2D eigenvalue weighted by Crippen LogP contribution is -2.32. The van der Waals surface area contributed by atoms with E-state index in [2.05, 4.69) is 54.7 Å². The molecule has 0 spiro atoms. The van der Waals surface area contributed by atoms with Gasteiger partial charge in [0.2, 0.25) is 0 Å². The third-order valence-electron chi connectivity index (χ3n) is 7.33. The maximum Gasteiger partial charge on any atom is 0.312 e. The summed E-state index contributed by atoms with van der Waals surface area (Å²) in [6, 6.07) is 4.47. The monoisotopic (exact) mass is 462 g/mol. The summed E-state index contributed by atoms with van der Waals surface area (Å²) in [4.78, 5) is 20.1. The van der Waals surface area contributed by atoms with Gasteiger partial charge in [0.25, 0.3) is 0 Å². The highest BCUT2D eigenvalue weighted by atomic mass is 16.5. The number of carbonyl (C=O) groups is 1. The smallest absolute Gasteiger partial charge is 0.312 e. The van der Waals surface area contributed by atoms with E-state index in [0.717, 1.165) is 50.0 Å². The van der Waals surface area contributed by atoms with E-state index >= 15 is 0 Å². The van der Waals surface area contributed by atoms with Crippen molar-refractivity contribution in [1.29, 1.82) is 0 Å². The molecule has 0 aliphatic carbocycles. The van der Waals surface area contributed by atoms with Crippen LogP contribution in [0.1, 0.15) is 113 Å². The Kier molecular flexibility index (Phi) is 9.10. The van der Waals surface area contributed by atoms with E-state index in [4.69, 9.17) is 4.74 Å². The highest BCUT2D eigenvalue weighted by molar-refractivity contribution is 5.75. The van der Waals surface area contributed by atoms with Crippen molar-refractivity contribution in [3.8, 4) is 17.6 Å². The highest BCUT2D eigenvalue weighted by Crippen LogP contribution is 2.44. The summed E-state index contributed by atoms with van der Waals surface area (Å²) in [7, 11) is 0. The van der Waals surface area contributed by atoms with Crippen molar-refractivity contribution in [3.05, 3.63) is 52.6 Å². The molecule has 1 N–H and O–H groups in total. The fourth-order valence-electron chi connectivity index (χ4n) is 4.92. The van der Waals surface area contributed by atoms with Crippen molar-refractivity contribution in [3.63, 3.8) is 0 Å². The average molecular weight is 463 g/mol. The number of carboxylic acids is 1. The fraction of sp³-hybridized carbons (Fsp3) is 0.552. The van der Waals surface area contributed by atoms with Gasteiger partial charge in [0.05, 0.1) is 24.7 Å². The number of aryl methyl sites for hydroxylation is 1. The van der Waals surface area contributed by atoms with Crippen LogP contribution in [0.2, 0.25) is 0 Å². The Morgan fingerprint density at radius 1 is 1.09 bits per heavy atom. The van der Waals surface area contributed by atoms with Crippen LogP contribution in [-0.4, -0.2) is 27.7 Å². The molecule has 0 bridgehead atoms. The molecule has 0 fully saturated rings. The standard InChI is InChI=1S/C29H38N2O3/c1-5-9-10-11-12-21-18-27-25(29(7-3,8-4)15-16-34-27)17-22(21)13-14-23-19-31-26(20-30-23)24(6-2)28(32)33/h17-20,24H,5-12,15-16H2,1-4H3,(H,32,33). The summed E-state index contributed by atoms with van der Waals surface area (Å²) >= 11 is 0. The summed E-state index contributed by atoms with van der Waals surface area (Å²) in [5, 5.41) is 9.36. The van der Waals surface area contributed by atoms with Crippen molar-refractivity contribution in [2.24, 2.45) is 0 Å². The van der Waals surface area contributed by atoms with E-state index in [1.54, 1.807) is 6.20 Å². The summed E-state index contributed by atoms with van der Waals surface area (Å²) in [5.41, 5.74) is 4.70. The molecule has 1 atom stereocenters. The first kappa shape index (κ1) is 25.7. The molecule has 1 aliphatic rings. The number of hydrogen-bond donors (Lipinski definition) is 1. The lowest BCUT2D eigenvalue weighted by molar-refractivity contribution is -0.138. The summed E-state index contributed by atoms with van der Waals surface area (Å²) < 4.78 is 6.12. The van der Waals surface area contributed by atoms with Gasteiger partial charge in [0.1, 0.15) is 17.4 Å². The molecule has 5 heteroatoms. The van der Waals surface area contributed by atoms with Crippen LogP contribution < -0.4 is 4.74 Å². The van der Waals surface area contributed by atoms with E-state index in [1.807, 2.05) is 6.92 Å². The number of hydrogen-bond acceptors (Lipinski definition) is 4. The van der Waals surface area contributed by atoms with Gasteiger partial charge in [-0.1, -0.05) is 52.9 Å². The van der Waals surface area contributed by atoms with Crippen molar-refractivity contribution < 1.29 is 14.6 Å². The van der Waals surface area contributed by atoms with Gasteiger partial charge in [-0.15, -0.1) is 0 Å². The third kappa shape index (κ3) is 5.78. The second-order valence-corrected chi connectivity index (χ2v) is 9.28. The number of carboxylic acid groups (broad SMARTS) is 1. The number of aliphatic carboxylic acids is 1. The Balaban J connectivity index is 1.96. The van der Waals surface area contributed by atoms with Crippen LogP contribution in [0.5, 0.6) is 5.75 Å². The van der Waals surface area contributed by atoms with E-state index in [0.29, 0.717) is 17.8 Å². The zero-order valence-electron chi connectivity index (χ0n) is 21.1. The molecule has 182 valence electrons. The largest absolute Gasteiger partial charge is 0.493 e. The molecule has 5 nitrogen and oxygen atoms in total. The molecule has 1 unspecified atom stereocenters. The summed E-state index contributed by atoms with van der Waals surface area (Å²) in [5.74, 6) is 6.05. The van der Waals surface area contributed by atoms with E-state index in [1.165, 1.54) is 36.6 Å². The molecule has 1 aliphatic heterocycles. The number of unbranched alkanes of at least 4 members (excludes halogenated alkanes) is 3. The highest BCUT2D eigenvalue weighted by Gasteiger charge is 2.35. The summed E-state index contributed by atoms with van der Waals surface area (Å²) in [6.45, 7) is 9.36. The Morgan fingerprint density at radius 2 is 1.88 bits per heavy atom. The van der Waals surface area contributed by atoms with Crippen LogP contribution in [-0.2, 0) is 16.6 Å². The van der Waals surface area contributed by atoms with Crippen molar-refractivity contribution in [2.45, 2.75) is 96.8 Å². The quantitative estimate of drug-likeness (QED) is 0.326. The Bertz CT molecular complexity index is 1030. The van der Waals surface area contributed by atoms with Gasteiger partial charge in [0, 0.05) is 16.5 Å². The van der Waals surface area contributed by atoms with Gasteiger partial charge < -0.3 is 9.84 Å². The van der Waals surface area contributed by atoms with Crippen LogP contribution in [0.3, 0.4) is 0 Å². The van der Waals surface area contributed by atoms with Gasteiger partial charge in [-0.3, -0.25) is 9.78 Å². The van der Waals surface area contributed by atoms with Gasteiger partial charge in [0.15, 0.2) is 0 Å². The Labute approximate surface area is 204 Å². The van der Waals surface area contributed by atoms with Crippen molar-refractivity contribution in [1.82, 2.24) is 9.97 Å². The second-order valence-electron chi connectivity index (χ2n) is 9.28. The maximum absolute atomic E-state index is 11.4. The number of benzene rings is 1. The molecular formula is C29H38N2O3. The van der Waals surface area contributed by atoms with Crippen LogP contribution in [0.4, 0.5) is 0 Å². The van der Waals surface area contributed by atoms with Crippen molar-refractivity contribution >= 4 is 5.97 Å². The molecule has 2 aromatic rings. The minimum Gasteiger partial charge on any atom is -0.493 e. The zero-order chi connectivity index (χ0) is 24.6. The van der Waals surface area contributed by atoms with E-state index < -0.39 is 11.9 Å². The topological polar surface area (TPSA) is 72.3 Å². The number of rotatable bonds is 10. The number of ether oxygens (including phenoxy) is 1. The maximum atomic E-state index is 11.4. The van der Waals surface area contributed by atoms with Crippen molar-refractivity contribution in [2.75, 3.05) is 6.61 Å². The minimum atomic E-state index is -0.880. The van der Waals surface area contributed by atoms with Crippen LogP contribution in [0.25, 0.3) is 0 Å². The van der Waals surface area contributed by atoms with Gasteiger partial charge in [-0.05, 0) is 62.1 Å². The van der Waals surface area contributed by atoms with Crippen LogP contribution >= 0.6 is 0 Å². The Morgan fingerprint density at radius 3 is 2.50 bits per heavy atom. The number of nitrogens with zero attached hydrogens (tertiary/aromatic N) is 2. The summed E-state index contributed by atoms with van der Waals surface area (Å²) in [6.07, 6.45) is 12.6. The van der Waals surface area contributed by atoms with Gasteiger partial charge >= 0.3 is 5.97 Å². The van der Waals surface area contributed by atoms with E-state index in [-0.39, 0.29) is 5.41 Å². The lowest BCUT2D eigenvalue weighted by Gasteiger charge is -2.38. The molecule has 0 radical (unpaired) electrons. The number of fused-ring (bicyclic) bond motifs is 1. The average Bonchev–Trinajstić information content (AvgIpc) is 2.85. The van der Waals surface area contributed by atoms with Crippen LogP contribution in [0, 0.1) is 11.8 Å². The molecule has 2 heterocycles. The van der Waals surface area contributed by atoms with Crippen LogP contribution in [0.15, 0.2) is 24.5 Å².